The van der Waals surface area contributed by atoms with E-state index in [1.54, 1.807) is 12.1 Å². The van der Waals surface area contributed by atoms with E-state index in [4.69, 9.17) is 4.52 Å². The minimum atomic E-state index is -0.316. The van der Waals surface area contributed by atoms with E-state index in [1.165, 1.54) is 12.1 Å². The van der Waals surface area contributed by atoms with Crippen LogP contribution >= 0.6 is 0 Å². The van der Waals surface area contributed by atoms with Gasteiger partial charge >= 0.3 is 0 Å². The molecule has 0 spiro atoms. The zero-order valence-electron chi connectivity index (χ0n) is 13.9. The van der Waals surface area contributed by atoms with Gasteiger partial charge in [0.15, 0.2) is 0 Å². The molecule has 25 heavy (non-hydrogen) atoms. The topological polar surface area (TPSA) is 88.2 Å². The Morgan fingerprint density at radius 1 is 1.32 bits per heavy atom. The summed E-state index contributed by atoms with van der Waals surface area (Å²) < 4.78 is 18.1. The van der Waals surface area contributed by atoms with Crippen LogP contribution in [0.5, 0.6) is 0 Å². The quantitative estimate of drug-likeness (QED) is 0.803. The van der Waals surface area contributed by atoms with Crippen molar-refractivity contribution in [2.24, 2.45) is 5.92 Å². The van der Waals surface area contributed by atoms with Crippen LogP contribution in [0.2, 0.25) is 0 Å². The summed E-state index contributed by atoms with van der Waals surface area (Å²) in [6, 6.07) is 5.87. The van der Waals surface area contributed by atoms with Crippen molar-refractivity contribution in [1.82, 2.24) is 15.5 Å². The standard InChI is InChI=1S/C18H22FN3O3/c19-14-9-7-12(8-10-14)18-21-17(25-22-18)6-2-5-16(24)20-11-13-3-1-4-15(13)23/h7-10,13,15,23H,1-6,11H2,(H,20,24). The number of hydrogen-bond donors (Lipinski definition) is 2. The predicted octanol–water partition coefficient (Wildman–Crippen LogP) is 2.48. The van der Waals surface area contributed by atoms with Gasteiger partial charge in [-0.2, -0.15) is 4.98 Å². The Morgan fingerprint density at radius 3 is 2.84 bits per heavy atom. The number of hydrogen-bond acceptors (Lipinski definition) is 5. The molecule has 2 atom stereocenters. The van der Waals surface area contributed by atoms with Gasteiger partial charge in [-0.05, 0) is 43.5 Å². The molecule has 1 aromatic carbocycles. The molecule has 1 fully saturated rings. The molecule has 3 rings (SSSR count). The zero-order chi connectivity index (χ0) is 17.6. The van der Waals surface area contributed by atoms with E-state index in [9.17, 15) is 14.3 Å². The van der Waals surface area contributed by atoms with E-state index in [-0.39, 0.29) is 23.7 Å². The van der Waals surface area contributed by atoms with Crippen LogP contribution in [-0.4, -0.2) is 33.8 Å². The van der Waals surface area contributed by atoms with Gasteiger partial charge in [0.1, 0.15) is 5.82 Å². The normalized spacial score (nSPS) is 19.9. The van der Waals surface area contributed by atoms with Gasteiger partial charge < -0.3 is 14.9 Å². The van der Waals surface area contributed by atoms with Crippen molar-refractivity contribution in [3.63, 3.8) is 0 Å². The molecule has 0 bridgehead atoms. The summed E-state index contributed by atoms with van der Waals surface area (Å²) in [5.41, 5.74) is 0.685. The van der Waals surface area contributed by atoms with Gasteiger partial charge in [-0.3, -0.25) is 4.79 Å². The third-order valence-corrected chi connectivity index (χ3v) is 4.55. The lowest BCUT2D eigenvalue weighted by Gasteiger charge is -2.14. The highest BCUT2D eigenvalue weighted by atomic mass is 19.1. The maximum absolute atomic E-state index is 12.9. The van der Waals surface area contributed by atoms with Crippen LogP contribution in [0, 0.1) is 11.7 Å². The molecule has 0 saturated heterocycles. The molecule has 2 N–H and O–H groups in total. The Bertz CT molecular complexity index is 702. The molecule has 7 heteroatoms. The average molecular weight is 347 g/mol. The highest BCUT2D eigenvalue weighted by Gasteiger charge is 2.25. The van der Waals surface area contributed by atoms with Gasteiger partial charge in [0, 0.05) is 30.9 Å². The number of halogens is 1. The van der Waals surface area contributed by atoms with Crippen LogP contribution in [0.3, 0.4) is 0 Å². The molecule has 1 saturated carbocycles. The highest BCUT2D eigenvalue weighted by molar-refractivity contribution is 5.75. The number of amides is 1. The fourth-order valence-corrected chi connectivity index (χ4v) is 3.06. The molecule has 0 radical (unpaired) electrons. The second-order valence-corrected chi connectivity index (χ2v) is 6.43. The summed E-state index contributed by atoms with van der Waals surface area (Å²) in [6.07, 6.45) is 4.01. The van der Waals surface area contributed by atoms with E-state index in [0.717, 1.165) is 19.3 Å². The van der Waals surface area contributed by atoms with Crippen molar-refractivity contribution in [3.05, 3.63) is 36.0 Å². The Hall–Kier alpha value is -2.28. The van der Waals surface area contributed by atoms with Crippen LogP contribution in [0.15, 0.2) is 28.8 Å². The summed E-state index contributed by atoms with van der Waals surface area (Å²) in [7, 11) is 0. The lowest BCUT2D eigenvalue weighted by Crippen LogP contribution is -2.32. The number of nitrogens with zero attached hydrogens (tertiary/aromatic N) is 2. The van der Waals surface area contributed by atoms with Gasteiger partial charge in [0.25, 0.3) is 0 Å². The van der Waals surface area contributed by atoms with Gasteiger partial charge in [-0.15, -0.1) is 0 Å². The maximum Gasteiger partial charge on any atom is 0.226 e. The second-order valence-electron chi connectivity index (χ2n) is 6.43. The summed E-state index contributed by atoms with van der Waals surface area (Å²) in [5.74, 6) is 0.701. The molecule has 1 heterocycles. The Kier molecular flexibility index (Phi) is 5.75. The van der Waals surface area contributed by atoms with Crippen molar-refractivity contribution in [2.75, 3.05) is 6.54 Å². The van der Waals surface area contributed by atoms with Gasteiger partial charge in [-0.25, -0.2) is 4.39 Å². The van der Waals surface area contributed by atoms with Crippen LogP contribution in [0.25, 0.3) is 11.4 Å². The van der Waals surface area contributed by atoms with Crippen molar-refractivity contribution < 1.29 is 18.8 Å². The molecule has 6 nitrogen and oxygen atoms in total. The van der Waals surface area contributed by atoms with Gasteiger partial charge in [0.05, 0.1) is 6.10 Å². The molecular formula is C18H22FN3O3. The van der Waals surface area contributed by atoms with E-state index in [1.807, 2.05) is 0 Å². The lowest BCUT2D eigenvalue weighted by atomic mass is 10.1. The first-order valence-corrected chi connectivity index (χ1v) is 8.65. The van der Waals surface area contributed by atoms with Crippen molar-refractivity contribution in [1.29, 1.82) is 0 Å². The average Bonchev–Trinajstić information content (AvgIpc) is 3.23. The first-order chi connectivity index (χ1) is 12.1. The van der Waals surface area contributed by atoms with Crippen molar-refractivity contribution in [3.8, 4) is 11.4 Å². The second kappa shape index (κ2) is 8.20. The first-order valence-electron chi connectivity index (χ1n) is 8.65. The smallest absolute Gasteiger partial charge is 0.226 e. The minimum Gasteiger partial charge on any atom is -0.393 e. The molecule has 2 aromatic rings. The number of benzene rings is 1. The van der Waals surface area contributed by atoms with Gasteiger partial charge in [0.2, 0.25) is 17.6 Å². The van der Waals surface area contributed by atoms with Crippen molar-refractivity contribution in [2.45, 2.75) is 44.6 Å². The fraction of sp³-hybridized carbons (Fsp3) is 0.500. The third kappa shape index (κ3) is 4.85. The molecule has 1 aromatic heterocycles. The number of aliphatic hydroxyl groups excluding tert-OH is 1. The first kappa shape index (κ1) is 17.5. The zero-order valence-corrected chi connectivity index (χ0v) is 13.9. The monoisotopic (exact) mass is 347 g/mol. The predicted molar refractivity (Wildman–Crippen MR) is 89.0 cm³/mol. The Labute approximate surface area is 145 Å². The van der Waals surface area contributed by atoms with E-state index in [0.29, 0.717) is 43.1 Å². The number of rotatable bonds is 7. The number of nitrogens with one attached hydrogen (secondary N) is 1. The van der Waals surface area contributed by atoms with Crippen molar-refractivity contribution >= 4 is 5.91 Å². The molecular weight excluding hydrogens is 325 g/mol. The third-order valence-electron chi connectivity index (χ3n) is 4.55. The Morgan fingerprint density at radius 2 is 2.12 bits per heavy atom. The molecule has 134 valence electrons. The van der Waals surface area contributed by atoms with E-state index < -0.39 is 0 Å². The minimum absolute atomic E-state index is 0.0302. The summed E-state index contributed by atoms with van der Waals surface area (Å²) in [5, 5.41) is 16.5. The summed E-state index contributed by atoms with van der Waals surface area (Å²) >= 11 is 0. The van der Waals surface area contributed by atoms with Crippen LogP contribution in [0.1, 0.15) is 38.0 Å². The number of aliphatic hydroxyl groups is 1. The number of aryl methyl sites for hydroxylation is 1. The largest absolute Gasteiger partial charge is 0.393 e. The lowest BCUT2D eigenvalue weighted by molar-refractivity contribution is -0.121. The maximum atomic E-state index is 12.9. The summed E-state index contributed by atoms with van der Waals surface area (Å²) in [6.45, 7) is 0.537. The van der Waals surface area contributed by atoms with E-state index >= 15 is 0 Å². The molecule has 1 aliphatic carbocycles. The fourth-order valence-electron chi connectivity index (χ4n) is 3.06. The van der Waals surface area contributed by atoms with Crippen LogP contribution in [0.4, 0.5) is 4.39 Å². The Balaban J connectivity index is 1.40. The number of carbonyl (C=O) groups excluding carboxylic acids is 1. The molecule has 1 amide bonds. The molecule has 0 aliphatic heterocycles. The number of carbonyl (C=O) groups is 1. The molecule has 1 aliphatic rings. The summed E-state index contributed by atoms with van der Waals surface area (Å²) in [4.78, 5) is 16.1. The SMILES string of the molecule is O=C(CCCc1nc(-c2ccc(F)cc2)no1)NCC1CCCC1O. The molecule has 2 unspecified atom stereocenters. The van der Waals surface area contributed by atoms with E-state index in [2.05, 4.69) is 15.5 Å². The van der Waals surface area contributed by atoms with Gasteiger partial charge in [-0.1, -0.05) is 11.6 Å². The highest BCUT2D eigenvalue weighted by Crippen LogP contribution is 2.24. The van der Waals surface area contributed by atoms with Crippen LogP contribution in [-0.2, 0) is 11.2 Å². The van der Waals surface area contributed by atoms with Crippen LogP contribution < -0.4 is 5.32 Å². The number of aromatic nitrogens is 2.